The van der Waals surface area contributed by atoms with Crippen LogP contribution in [0.15, 0.2) is 24.3 Å². The average molecular weight is 189 g/mol. The highest BCUT2D eigenvalue weighted by atomic mass is 15.1. The Hall–Kier alpha value is -0.820. The first-order valence-corrected chi connectivity index (χ1v) is 5.45. The lowest BCUT2D eigenvalue weighted by Gasteiger charge is -2.36. The molecular weight excluding hydrogens is 170 g/mol. The largest absolute Gasteiger partial charge is 0.299 e. The first kappa shape index (κ1) is 9.72. The Labute approximate surface area is 86.7 Å². The van der Waals surface area contributed by atoms with Crippen LogP contribution in [0, 0.1) is 5.92 Å². The fourth-order valence-electron chi connectivity index (χ4n) is 2.42. The fourth-order valence-corrected chi connectivity index (χ4v) is 2.42. The maximum atomic E-state index is 2.48. The van der Waals surface area contributed by atoms with Crippen molar-refractivity contribution < 1.29 is 0 Å². The van der Waals surface area contributed by atoms with Gasteiger partial charge in [0.05, 0.1) is 0 Å². The van der Waals surface area contributed by atoms with Gasteiger partial charge in [-0.05, 0) is 30.5 Å². The van der Waals surface area contributed by atoms with Crippen LogP contribution < -0.4 is 0 Å². The number of rotatable bonds is 1. The lowest BCUT2D eigenvalue weighted by molar-refractivity contribution is 0.169. The summed E-state index contributed by atoms with van der Waals surface area (Å²) in [5, 5.41) is 0. The summed E-state index contributed by atoms with van der Waals surface area (Å²) in [7, 11) is 2.24. The van der Waals surface area contributed by atoms with Crippen molar-refractivity contribution in [3.63, 3.8) is 0 Å². The van der Waals surface area contributed by atoms with E-state index in [1.54, 1.807) is 5.56 Å². The molecule has 0 unspecified atom stereocenters. The van der Waals surface area contributed by atoms with E-state index in [0.29, 0.717) is 6.04 Å². The first-order chi connectivity index (χ1) is 6.68. The molecule has 0 aliphatic carbocycles. The molecule has 0 fully saturated rings. The molecular formula is C13H19N. The number of nitrogens with zero attached hydrogens (tertiary/aromatic N) is 1. The normalized spacial score (nSPS) is 22.4. The van der Waals surface area contributed by atoms with Gasteiger partial charge in [0.25, 0.3) is 0 Å². The highest BCUT2D eigenvalue weighted by molar-refractivity contribution is 5.30. The van der Waals surface area contributed by atoms with Crippen LogP contribution in [0.5, 0.6) is 0 Å². The summed E-state index contributed by atoms with van der Waals surface area (Å²) < 4.78 is 0. The summed E-state index contributed by atoms with van der Waals surface area (Å²) >= 11 is 0. The van der Waals surface area contributed by atoms with Crippen LogP contribution in [-0.2, 0) is 13.0 Å². The number of likely N-dealkylation sites (N-methyl/N-ethyl adjacent to an activating group) is 1. The van der Waals surface area contributed by atoms with E-state index in [9.17, 15) is 0 Å². The second kappa shape index (κ2) is 3.74. The summed E-state index contributed by atoms with van der Waals surface area (Å²) in [6.07, 6.45) is 1.21. The third-order valence-electron chi connectivity index (χ3n) is 3.30. The molecule has 76 valence electrons. The van der Waals surface area contributed by atoms with Gasteiger partial charge in [-0.15, -0.1) is 0 Å². The molecule has 1 aliphatic heterocycles. The molecule has 1 heterocycles. The fraction of sp³-hybridized carbons (Fsp3) is 0.538. The molecule has 1 atom stereocenters. The van der Waals surface area contributed by atoms with Crippen molar-refractivity contribution >= 4 is 0 Å². The first-order valence-electron chi connectivity index (χ1n) is 5.45. The molecule has 0 radical (unpaired) electrons. The Bertz CT molecular complexity index is 317. The lowest BCUT2D eigenvalue weighted by atomic mass is 9.88. The van der Waals surface area contributed by atoms with E-state index in [0.717, 1.165) is 12.5 Å². The minimum Gasteiger partial charge on any atom is -0.299 e. The molecule has 0 saturated heterocycles. The monoisotopic (exact) mass is 189 g/mol. The molecule has 14 heavy (non-hydrogen) atoms. The van der Waals surface area contributed by atoms with E-state index in [4.69, 9.17) is 0 Å². The van der Waals surface area contributed by atoms with Crippen molar-refractivity contribution in [1.29, 1.82) is 0 Å². The smallest absolute Gasteiger partial charge is 0.0236 e. The summed E-state index contributed by atoms with van der Waals surface area (Å²) in [6, 6.07) is 9.54. The highest BCUT2D eigenvalue weighted by Crippen LogP contribution is 2.25. The van der Waals surface area contributed by atoms with E-state index in [1.165, 1.54) is 12.0 Å². The maximum absolute atomic E-state index is 2.48. The van der Waals surface area contributed by atoms with Gasteiger partial charge in [-0.2, -0.15) is 0 Å². The summed E-state index contributed by atoms with van der Waals surface area (Å²) in [4.78, 5) is 2.48. The van der Waals surface area contributed by atoms with Gasteiger partial charge in [-0.25, -0.2) is 0 Å². The van der Waals surface area contributed by atoms with Crippen molar-refractivity contribution in [1.82, 2.24) is 4.90 Å². The minimum absolute atomic E-state index is 0.713. The summed E-state index contributed by atoms with van der Waals surface area (Å²) in [5.41, 5.74) is 3.05. The van der Waals surface area contributed by atoms with Crippen LogP contribution in [0.1, 0.15) is 25.0 Å². The molecule has 2 rings (SSSR count). The molecule has 1 aromatic rings. The Morgan fingerprint density at radius 3 is 2.50 bits per heavy atom. The summed E-state index contributed by atoms with van der Waals surface area (Å²) in [5.74, 6) is 0.744. The molecule has 0 aromatic heterocycles. The van der Waals surface area contributed by atoms with E-state index in [2.05, 4.69) is 50.1 Å². The van der Waals surface area contributed by atoms with E-state index < -0.39 is 0 Å². The molecule has 1 aromatic carbocycles. The number of hydrogen-bond acceptors (Lipinski definition) is 1. The molecule has 0 bridgehead atoms. The molecule has 1 aliphatic rings. The van der Waals surface area contributed by atoms with Gasteiger partial charge in [0, 0.05) is 12.6 Å². The Morgan fingerprint density at radius 1 is 1.21 bits per heavy atom. The minimum atomic E-state index is 0.713. The second-order valence-corrected chi connectivity index (χ2v) is 4.70. The third-order valence-corrected chi connectivity index (χ3v) is 3.30. The highest BCUT2D eigenvalue weighted by Gasteiger charge is 2.24. The topological polar surface area (TPSA) is 3.24 Å². The quantitative estimate of drug-likeness (QED) is 0.656. The molecule has 1 nitrogen and oxygen atoms in total. The zero-order chi connectivity index (χ0) is 10.1. The summed E-state index contributed by atoms with van der Waals surface area (Å²) in [6.45, 7) is 5.74. The van der Waals surface area contributed by atoms with Gasteiger partial charge in [0.2, 0.25) is 0 Å². The van der Waals surface area contributed by atoms with Crippen molar-refractivity contribution in [3.8, 4) is 0 Å². The predicted octanol–water partition coefficient (Wildman–Crippen LogP) is 2.70. The van der Waals surface area contributed by atoms with Crippen LogP contribution in [0.25, 0.3) is 0 Å². The van der Waals surface area contributed by atoms with Gasteiger partial charge in [-0.1, -0.05) is 38.1 Å². The Morgan fingerprint density at radius 2 is 1.86 bits per heavy atom. The standard InChI is InChI=1S/C13H19N/c1-10(2)13-8-11-6-4-5-7-12(11)9-14(13)3/h4-7,10,13H,8-9H2,1-3H3/t13-/m0/s1. The van der Waals surface area contributed by atoms with Crippen LogP contribution in [0.2, 0.25) is 0 Å². The van der Waals surface area contributed by atoms with Crippen molar-refractivity contribution in [2.75, 3.05) is 7.05 Å². The lowest BCUT2D eigenvalue weighted by Crippen LogP contribution is -2.40. The van der Waals surface area contributed by atoms with Gasteiger partial charge in [0.15, 0.2) is 0 Å². The van der Waals surface area contributed by atoms with E-state index in [1.807, 2.05) is 0 Å². The van der Waals surface area contributed by atoms with Crippen molar-refractivity contribution in [3.05, 3.63) is 35.4 Å². The molecule has 1 heteroatoms. The molecule has 0 spiro atoms. The average Bonchev–Trinajstić information content (AvgIpc) is 2.16. The molecule has 0 saturated carbocycles. The second-order valence-electron chi connectivity index (χ2n) is 4.70. The Kier molecular flexibility index (Phi) is 2.60. The Balaban J connectivity index is 2.27. The van der Waals surface area contributed by atoms with Gasteiger partial charge in [-0.3, -0.25) is 4.90 Å². The van der Waals surface area contributed by atoms with Crippen molar-refractivity contribution in [2.24, 2.45) is 5.92 Å². The SMILES string of the molecule is CC(C)[C@@H]1Cc2ccccc2CN1C. The van der Waals surface area contributed by atoms with Crippen LogP contribution in [-0.4, -0.2) is 18.0 Å². The van der Waals surface area contributed by atoms with Crippen LogP contribution in [0.4, 0.5) is 0 Å². The molecule has 0 N–H and O–H groups in total. The van der Waals surface area contributed by atoms with Crippen LogP contribution >= 0.6 is 0 Å². The number of hydrogen-bond donors (Lipinski definition) is 0. The molecule has 0 amide bonds. The zero-order valence-corrected chi connectivity index (χ0v) is 9.33. The maximum Gasteiger partial charge on any atom is 0.0236 e. The van der Waals surface area contributed by atoms with Gasteiger partial charge < -0.3 is 0 Å². The van der Waals surface area contributed by atoms with E-state index in [-0.39, 0.29) is 0 Å². The van der Waals surface area contributed by atoms with E-state index >= 15 is 0 Å². The van der Waals surface area contributed by atoms with Crippen LogP contribution in [0.3, 0.4) is 0 Å². The number of fused-ring (bicyclic) bond motifs is 1. The van der Waals surface area contributed by atoms with Gasteiger partial charge >= 0.3 is 0 Å². The van der Waals surface area contributed by atoms with Gasteiger partial charge in [0.1, 0.15) is 0 Å². The van der Waals surface area contributed by atoms with Crippen molar-refractivity contribution in [2.45, 2.75) is 32.9 Å². The number of benzene rings is 1. The predicted molar refractivity (Wildman–Crippen MR) is 60.2 cm³/mol. The third kappa shape index (κ3) is 1.69. The zero-order valence-electron chi connectivity index (χ0n) is 9.33.